The highest BCUT2D eigenvalue weighted by Gasteiger charge is 2.47. The van der Waals surface area contributed by atoms with E-state index in [1.165, 1.54) is 20.1 Å². The molecule has 0 aromatic rings. The van der Waals surface area contributed by atoms with Crippen LogP contribution in [0.25, 0.3) is 0 Å². The highest BCUT2D eigenvalue weighted by atomic mass is 16.7. The number of rotatable bonds is 4. The number of amides is 1. The van der Waals surface area contributed by atoms with Crippen molar-refractivity contribution in [1.29, 1.82) is 0 Å². The van der Waals surface area contributed by atoms with Crippen LogP contribution in [0.1, 0.15) is 20.8 Å². The molecule has 136 valence electrons. The second-order valence-electron chi connectivity index (χ2n) is 6.27. The van der Waals surface area contributed by atoms with E-state index in [9.17, 15) is 14.7 Å². The fraction of sp³-hybridized carbons (Fsp3) is 0.733. The Labute approximate surface area is 140 Å². The Kier molecular flexibility index (Phi) is 5.49. The number of aliphatic hydroxyl groups excluding tert-OH is 1. The molecule has 4 N–H and O–H groups in total. The number of carbonyl (C=O) groups is 2. The summed E-state index contributed by atoms with van der Waals surface area (Å²) >= 11 is 0. The first-order valence-corrected chi connectivity index (χ1v) is 7.64. The van der Waals surface area contributed by atoms with Gasteiger partial charge in [0.1, 0.15) is 18.3 Å². The van der Waals surface area contributed by atoms with Gasteiger partial charge in [-0.2, -0.15) is 0 Å². The van der Waals surface area contributed by atoms with Crippen molar-refractivity contribution in [2.24, 2.45) is 5.73 Å². The van der Waals surface area contributed by atoms with Crippen molar-refractivity contribution in [2.75, 3.05) is 13.7 Å². The first-order valence-electron chi connectivity index (χ1n) is 7.64. The summed E-state index contributed by atoms with van der Waals surface area (Å²) in [6.45, 7) is 4.91. The van der Waals surface area contributed by atoms with Gasteiger partial charge in [-0.3, -0.25) is 4.79 Å². The average molecular weight is 344 g/mol. The van der Waals surface area contributed by atoms with Gasteiger partial charge in [0.05, 0.1) is 25.8 Å². The lowest BCUT2D eigenvalue weighted by Gasteiger charge is -2.39. The minimum Gasteiger partial charge on any atom is -0.478 e. The predicted octanol–water partition coefficient (Wildman–Crippen LogP) is -1.21. The van der Waals surface area contributed by atoms with E-state index in [4.69, 9.17) is 19.9 Å². The molecule has 9 heteroatoms. The molecule has 0 aliphatic carbocycles. The van der Waals surface area contributed by atoms with Crippen LogP contribution in [0.3, 0.4) is 0 Å². The molecule has 5 atom stereocenters. The lowest BCUT2D eigenvalue weighted by Crippen LogP contribution is -2.62. The minimum absolute atomic E-state index is 0.117. The topological polar surface area (TPSA) is 129 Å². The maximum Gasteiger partial charge on any atom is 0.373 e. The number of hydrogen-bond acceptors (Lipinski definition) is 8. The van der Waals surface area contributed by atoms with Crippen molar-refractivity contribution in [2.45, 2.75) is 57.0 Å². The van der Waals surface area contributed by atoms with Gasteiger partial charge in [0.2, 0.25) is 11.7 Å². The summed E-state index contributed by atoms with van der Waals surface area (Å²) < 4.78 is 21.3. The van der Waals surface area contributed by atoms with Gasteiger partial charge in [-0.05, 0) is 19.9 Å². The SMILES string of the molecule is COC(=O)C1=C[C@H](N)[C@@H](NC(C)=O)[C@H]([C@H](O)[C@H]2COC(C)(C)O2)O1. The number of ether oxygens (including phenoxy) is 4. The number of methoxy groups -OCH3 is 1. The van der Waals surface area contributed by atoms with E-state index in [0.29, 0.717) is 0 Å². The van der Waals surface area contributed by atoms with Crippen molar-refractivity contribution in [3.8, 4) is 0 Å². The third-order valence-corrected chi connectivity index (χ3v) is 3.88. The zero-order valence-electron chi connectivity index (χ0n) is 14.1. The Morgan fingerprint density at radius 3 is 2.67 bits per heavy atom. The number of carbonyl (C=O) groups excluding carboxylic acids is 2. The molecule has 0 aromatic heterocycles. The summed E-state index contributed by atoms with van der Waals surface area (Å²) in [5.74, 6) is -2.01. The average Bonchev–Trinajstić information content (AvgIpc) is 2.87. The van der Waals surface area contributed by atoms with Gasteiger partial charge in [-0.1, -0.05) is 0 Å². The standard InChI is InChI=1S/C15H24N2O7/c1-7(18)17-11-8(16)5-9(14(20)21-4)23-13(11)12(19)10-6-22-15(2,3)24-10/h5,8,10-13,19H,6,16H2,1-4H3,(H,17,18)/t8-,10+,11+,12+,13+/m0/s1. The number of hydrogen-bond donors (Lipinski definition) is 3. The Balaban J connectivity index is 2.23. The normalized spacial score (nSPS) is 33.2. The molecule has 24 heavy (non-hydrogen) atoms. The first kappa shape index (κ1) is 18.7. The van der Waals surface area contributed by atoms with Crippen molar-refractivity contribution in [3.05, 3.63) is 11.8 Å². The Hall–Kier alpha value is -1.68. The van der Waals surface area contributed by atoms with Crippen molar-refractivity contribution >= 4 is 11.9 Å². The van der Waals surface area contributed by atoms with Crippen molar-refractivity contribution < 1.29 is 33.6 Å². The highest BCUT2D eigenvalue weighted by molar-refractivity contribution is 5.86. The molecule has 0 spiro atoms. The molecule has 0 bridgehead atoms. The van der Waals surface area contributed by atoms with E-state index in [-0.39, 0.29) is 18.3 Å². The Morgan fingerprint density at radius 2 is 2.17 bits per heavy atom. The molecule has 1 saturated heterocycles. The van der Waals surface area contributed by atoms with Crippen LogP contribution in [0.2, 0.25) is 0 Å². The summed E-state index contributed by atoms with van der Waals surface area (Å²) in [5, 5.41) is 13.3. The van der Waals surface area contributed by atoms with Crippen LogP contribution in [0.15, 0.2) is 11.8 Å². The van der Waals surface area contributed by atoms with Gasteiger partial charge in [0, 0.05) is 6.92 Å². The Morgan fingerprint density at radius 1 is 1.50 bits per heavy atom. The first-order chi connectivity index (χ1) is 11.1. The lowest BCUT2D eigenvalue weighted by molar-refractivity contribution is -0.169. The molecule has 0 aromatic carbocycles. The Bertz CT molecular complexity index is 534. The molecule has 1 amide bonds. The van der Waals surface area contributed by atoms with Crippen LogP contribution >= 0.6 is 0 Å². The van der Waals surface area contributed by atoms with E-state index in [2.05, 4.69) is 10.1 Å². The number of aliphatic hydroxyl groups is 1. The van der Waals surface area contributed by atoms with Gasteiger partial charge in [-0.25, -0.2) is 4.79 Å². The van der Waals surface area contributed by atoms with E-state index < -0.39 is 42.2 Å². The molecule has 0 saturated carbocycles. The van der Waals surface area contributed by atoms with Gasteiger partial charge >= 0.3 is 5.97 Å². The quantitative estimate of drug-likeness (QED) is 0.542. The van der Waals surface area contributed by atoms with Gasteiger partial charge in [-0.15, -0.1) is 0 Å². The third kappa shape index (κ3) is 4.04. The van der Waals surface area contributed by atoms with E-state index in [1.54, 1.807) is 13.8 Å². The molecule has 1 fully saturated rings. The van der Waals surface area contributed by atoms with Gasteiger partial charge in [0.25, 0.3) is 0 Å². The van der Waals surface area contributed by atoms with E-state index in [0.717, 1.165) is 0 Å². The highest BCUT2D eigenvalue weighted by Crippen LogP contribution is 2.29. The maximum absolute atomic E-state index is 11.7. The van der Waals surface area contributed by atoms with E-state index >= 15 is 0 Å². The summed E-state index contributed by atoms with van der Waals surface area (Å²) in [7, 11) is 1.21. The number of nitrogens with two attached hydrogens (primary N) is 1. The molecular weight excluding hydrogens is 320 g/mol. The fourth-order valence-corrected chi connectivity index (χ4v) is 2.76. The molecule has 2 aliphatic heterocycles. The second kappa shape index (κ2) is 7.06. The predicted molar refractivity (Wildman–Crippen MR) is 81.5 cm³/mol. The van der Waals surface area contributed by atoms with Crippen LogP contribution in [0, 0.1) is 0 Å². The smallest absolute Gasteiger partial charge is 0.373 e. The monoisotopic (exact) mass is 344 g/mol. The van der Waals surface area contributed by atoms with Gasteiger partial charge in [0.15, 0.2) is 5.79 Å². The van der Waals surface area contributed by atoms with Crippen LogP contribution in [-0.4, -0.2) is 66.9 Å². The van der Waals surface area contributed by atoms with Gasteiger partial charge < -0.3 is 35.1 Å². The van der Waals surface area contributed by atoms with Crippen LogP contribution in [-0.2, 0) is 28.5 Å². The number of nitrogens with one attached hydrogen (secondary N) is 1. The molecule has 0 unspecified atom stereocenters. The molecule has 2 aliphatic rings. The largest absolute Gasteiger partial charge is 0.478 e. The lowest BCUT2D eigenvalue weighted by atomic mass is 9.92. The second-order valence-corrected chi connectivity index (χ2v) is 6.27. The minimum atomic E-state index is -1.18. The van der Waals surface area contributed by atoms with Crippen molar-refractivity contribution in [3.63, 3.8) is 0 Å². The summed E-state index contributed by atoms with van der Waals surface area (Å²) in [6, 6.07) is -1.48. The zero-order chi connectivity index (χ0) is 18.1. The van der Waals surface area contributed by atoms with Crippen LogP contribution in [0.4, 0.5) is 0 Å². The van der Waals surface area contributed by atoms with E-state index in [1.807, 2.05) is 0 Å². The summed E-state index contributed by atoms with van der Waals surface area (Å²) in [4.78, 5) is 23.2. The van der Waals surface area contributed by atoms with Crippen LogP contribution in [0.5, 0.6) is 0 Å². The number of esters is 1. The van der Waals surface area contributed by atoms with Crippen LogP contribution < -0.4 is 11.1 Å². The molecule has 2 heterocycles. The molecule has 2 rings (SSSR count). The molecule has 0 radical (unpaired) electrons. The maximum atomic E-state index is 11.7. The third-order valence-electron chi connectivity index (χ3n) is 3.88. The molecule has 9 nitrogen and oxygen atoms in total. The zero-order valence-corrected chi connectivity index (χ0v) is 14.1. The van der Waals surface area contributed by atoms with Crippen molar-refractivity contribution in [1.82, 2.24) is 5.32 Å². The fourth-order valence-electron chi connectivity index (χ4n) is 2.76. The summed E-state index contributed by atoms with van der Waals surface area (Å²) in [5.41, 5.74) is 6.03. The summed E-state index contributed by atoms with van der Waals surface area (Å²) in [6.07, 6.45) is -1.51. The molecular formula is C15H24N2O7.